The number of benzene rings is 2. The van der Waals surface area contributed by atoms with Crippen molar-refractivity contribution < 1.29 is 13.9 Å². The number of hydrogen-bond acceptors (Lipinski definition) is 6. The van der Waals surface area contributed by atoms with Crippen LogP contribution in [-0.2, 0) is 11.2 Å². The van der Waals surface area contributed by atoms with Crippen LogP contribution in [0.15, 0.2) is 59.0 Å². The zero-order valence-corrected chi connectivity index (χ0v) is 16.4. The molecule has 0 fully saturated rings. The van der Waals surface area contributed by atoms with Gasteiger partial charge in [-0.2, -0.15) is 10.4 Å². The summed E-state index contributed by atoms with van der Waals surface area (Å²) in [6.07, 6.45) is 0.0927. The molecule has 1 N–H and O–H groups in total. The minimum atomic E-state index is -0.303. The minimum absolute atomic E-state index is 0.0119. The maximum atomic E-state index is 13.0. The van der Waals surface area contributed by atoms with Crippen LogP contribution in [0.5, 0.6) is 5.75 Å². The Balaban J connectivity index is 1.56. The van der Waals surface area contributed by atoms with Crippen LogP contribution in [0.1, 0.15) is 18.2 Å². The molecule has 0 aliphatic rings. The molecular weight excluding hydrogens is 391 g/mol. The third kappa shape index (κ3) is 5.70. The van der Waals surface area contributed by atoms with E-state index in [1.807, 2.05) is 6.07 Å². The highest BCUT2D eigenvalue weighted by molar-refractivity contribution is 7.13. The van der Waals surface area contributed by atoms with Crippen LogP contribution in [0.4, 0.5) is 4.39 Å². The first-order valence-electron chi connectivity index (χ1n) is 8.69. The standard InChI is InChI=1S/C21H17FN4O2S/c1-14(15-4-8-19(9-5-15)28-11-10-23)25-26-20(27)12-18-13-29-21(24-18)16-2-6-17(22)7-3-16/h2-9,13H,11-12H2,1H3,(H,26,27)/b25-14-. The van der Waals surface area contributed by atoms with Crippen LogP contribution in [-0.4, -0.2) is 23.2 Å². The first-order valence-corrected chi connectivity index (χ1v) is 9.57. The van der Waals surface area contributed by atoms with Crippen molar-refractivity contribution in [2.75, 3.05) is 6.61 Å². The number of hydrazone groups is 1. The first-order chi connectivity index (χ1) is 14.0. The fourth-order valence-electron chi connectivity index (χ4n) is 2.44. The maximum Gasteiger partial charge on any atom is 0.246 e. The summed E-state index contributed by atoms with van der Waals surface area (Å²) < 4.78 is 18.2. The molecule has 0 atom stereocenters. The van der Waals surface area contributed by atoms with Gasteiger partial charge in [-0.15, -0.1) is 11.3 Å². The second kappa shape index (κ2) is 9.57. The van der Waals surface area contributed by atoms with Gasteiger partial charge in [0.15, 0.2) is 6.61 Å². The quantitative estimate of drug-likeness (QED) is 0.474. The lowest BCUT2D eigenvalue weighted by Gasteiger charge is -2.04. The Bertz CT molecular complexity index is 1050. The summed E-state index contributed by atoms with van der Waals surface area (Å²) in [7, 11) is 0. The van der Waals surface area contributed by atoms with E-state index in [9.17, 15) is 9.18 Å². The van der Waals surface area contributed by atoms with Crippen LogP contribution in [0.3, 0.4) is 0 Å². The number of nitrogens with zero attached hydrogens (tertiary/aromatic N) is 3. The number of amides is 1. The van der Waals surface area contributed by atoms with Crippen molar-refractivity contribution in [1.29, 1.82) is 5.26 Å². The molecule has 0 bridgehead atoms. The molecule has 0 radical (unpaired) electrons. The lowest BCUT2D eigenvalue weighted by atomic mass is 10.1. The second-order valence-corrected chi connectivity index (χ2v) is 6.89. The van der Waals surface area contributed by atoms with Crippen molar-refractivity contribution in [3.05, 3.63) is 71.0 Å². The molecular formula is C21H17FN4O2S. The van der Waals surface area contributed by atoms with Crippen molar-refractivity contribution in [2.24, 2.45) is 5.10 Å². The van der Waals surface area contributed by atoms with E-state index in [1.165, 1.54) is 23.5 Å². The van der Waals surface area contributed by atoms with Gasteiger partial charge in [-0.05, 0) is 61.0 Å². The van der Waals surface area contributed by atoms with Gasteiger partial charge in [0.25, 0.3) is 0 Å². The van der Waals surface area contributed by atoms with Gasteiger partial charge in [0, 0.05) is 10.9 Å². The number of ether oxygens (including phenoxy) is 1. The lowest BCUT2D eigenvalue weighted by Crippen LogP contribution is -2.21. The van der Waals surface area contributed by atoms with Crippen LogP contribution in [0.25, 0.3) is 10.6 Å². The van der Waals surface area contributed by atoms with Gasteiger partial charge < -0.3 is 4.74 Å². The molecule has 0 aliphatic heterocycles. The average molecular weight is 408 g/mol. The van der Waals surface area contributed by atoms with Crippen LogP contribution < -0.4 is 10.2 Å². The monoisotopic (exact) mass is 408 g/mol. The summed E-state index contributed by atoms with van der Waals surface area (Å²) >= 11 is 1.40. The van der Waals surface area contributed by atoms with Crippen LogP contribution >= 0.6 is 11.3 Å². The number of carbonyl (C=O) groups is 1. The molecule has 6 nitrogen and oxygen atoms in total. The van der Waals surface area contributed by atoms with E-state index >= 15 is 0 Å². The Morgan fingerprint density at radius 1 is 1.24 bits per heavy atom. The summed E-state index contributed by atoms with van der Waals surface area (Å²) in [5.41, 5.74) is 5.41. The van der Waals surface area contributed by atoms with E-state index in [0.29, 0.717) is 17.2 Å². The third-order valence-corrected chi connectivity index (χ3v) is 4.85. The summed E-state index contributed by atoms with van der Waals surface area (Å²) in [6, 6.07) is 15.0. The van der Waals surface area contributed by atoms with Crippen molar-refractivity contribution >= 4 is 23.0 Å². The molecule has 0 saturated heterocycles. The Kier molecular flexibility index (Phi) is 6.66. The zero-order valence-electron chi connectivity index (χ0n) is 15.6. The van der Waals surface area contributed by atoms with Crippen LogP contribution in [0, 0.1) is 17.1 Å². The molecule has 2 aromatic carbocycles. The number of nitriles is 1. The van der Waals surface area contributed by atoms with E-state index in [0.717, 1.165) is 16.1 Å². The Labute approximate surface area is 171 Å². The molecule has 146 valence electrons. The molecule has 1 aromatic heterocycles. The van der Waals surface area contributed by atoms with Gasteiger partial charge in [0.2, 0.25) is 5.91 Å². The normalized spacial score (nSPS) is 11.0. The van der Waals surface area contributed by atoms with Crippen molar-refractivity contribution in [3.8, 4) is 22.4 Å². The van der Waals surface area contributed by atoms with Gasteiger partial charge in [-0.25, -0.2) is 14.8 Å². The second-order valence-electron chi connectivity index (χ2n) is 6.03. The number of aromatic nitrogens is 1. The molecule has 0 saturated carbocycles. The van der Waals surface area contributed by atoms with Gasteiger partial charge in [-0.3, -0.25) is 4.79 Å². The van der Waals surface area contributed by atoms with E-state index in [2.05, 4.69) is 15.5 Å². The van der Waals surface area contributed by atoms with E-state index in [4.69, 9.17) is 10.00 Å². The number of carbonyl (C=O) groups excluding carboxylic acids is 1. The molecule has 1 heterocycles. The predicted octanol–water partition coefficient (Wildman–Crippen LogP) is 3.93. The number of hydrogen-bond donors (Lipinski definition) is 1. The molecule has 0 unspecified atom stereocenters. The third-order valence-electron chi connectivity index (χ3n) is 3.91. The molecule has 29 heavy (non-hydrogen) atoms. The molecule has 3 aromatic rings. The molecule has 0 aliphatic carbocycles. The van der Waals surface area contributed by atoms with E-state index in [1.54, 1.807) is 48.7 Å². The van der Waals surface area contributed by atoms with Crippen molar-refractivity contribution in [2.45, 2.75) is 13.3 Å². The number of thiazole rings is 1. The molecule has 0 spiro atoms. The number of nitrogens with one attached hydrogen (secondary N) is 1. The van der Waals surface area contributed by atoms with Crippen molar-refractivity contribution in [3.63, 3.8) is 0 Å². The summed E-state index contributed by atoms with van der Waals surface area (Å²) in [6.45, 7) is 1.77. The van der Waals surface area contributed by atoms with E-state index < -0.39 is 0 Å². The van der Waals surface area contributed by atoms with Crippen molar-refractivity contribution in [1.82, 2.24) is 10.4 Å². The van der Waals surface area contributed by atoms with Gasteiger partial charge >= 0.3 is 0 Å². The summed E-state index contributed by atoms with van der Waals surface area (Å²) in [4.78, 5) is 16.6. The van der Waals surface area contributed by atoms with E-state index in [-0.39, 0.29) is 24.8 Å². The average Bonchev–Trinajstić information content (AvgIpc) is 3.19. The fourth-order valence-corrected chi connectivity index (χ4v) is 3.26. The maximum absolute atomic E-state index is 13.0. The van der Waals surface area contributed by atoms with Crippen LogP contribution in [0.2, 0.25) is 0 Å². The molecule has 8 heteroatoms. The first kappa shape index (κ1) is 20.2. The highest BCUT2D eigenvalue weighted by atomic mass is 32.1. The highest BCUT2D eigenvalue weighted by Gasteiger charge is 2.09. The molecule has 3 rings (SSSR count). The largest absolute Gasteiger partial charge is 0.479 e. The SMILES string of the molecule is C/C(=N/NC(=O)Cc1csc(-c2ccc(F)cc2)n1)c1ccc(OCC#N)cc1. The zero-order chi connectivity index (χ0) is 20.6. The van der Waals surface area contributed by atoms with Gasteiger partial charge in [0.05, 0.1) is 17.8 Å². The number of rotatable bonds is 7. The minimum Gasteiger partial charge on any atom is -0.479 e. The van der Waals surface area contributed by atoms with Gasteiger partial charge in [0.1, 0.15) is 22.6 Å². The Morgan fingerprint density at radius 2 is 1.97 bits per heavy atom. The lowest BCUT2D eigenvalue weighted by molar-refractivity contribution is -0.120. The Hall–Kier alpha value is -3.57. The smallest absolute Gasteiger partial charge is 0.246 e. The number of halogens is 1. The topological polar surface area (TPSA) is 87.4 Å². The summed E-state index contributed by atoms with van der Waals surface area (Å²) in [5.74, 6) is 0.00405. The van der Waals surface area contributed by atoms with Gasteiger partial charge in [-0.1, -0.05) is 0 Å². The predicted molar refractivity (Wildman–Crippen MR) is 109 cm³/mol. The highest BCUT2D eigenvalue weighted by Crippen LogP contribution is 2.24. The summed E-state index contributed by atoms with van der Waals surface area (Å²) in [5, 5.41) is 15.2. The molecule has 1 amide bonds. The Morgan fingerprint density at radius 3 is 2.66 bits per heavy atom. The fraction of sp³-hybridized carbons (Fsp3) is 0.143.